The van der Waals surface area contributed by atoms with Crippen LogP contribution in [-0.4, -0.2) is 41.9 Å². The van der Waals surface area contributed by atoms with Crippen LogP contribution in [0.3, 0.4) is 0 Å². The first kappa shape index (κ1) is 12.9. The summed E-state index contributed by atoms with van der Waals surface area (Å²) in [6, 6.07) is 2.18. The van der Waals surface area contributed by atoms with Crippen LogP contribution in [-0.2, 0) is 11.3 Å². The Balaban J connectivity index is 1.63. The van der Waals surface area contributed by atoms with Gasteiger partial charge in [-0.1, -0.05) is 6.08 Å². The highest BCUT2D eigenvalue weighted by Crippen LogP contribution is 2.32. The molecule has 4 heteroatoms. The molecule has 2 aliphatic heterocycles. The quantitative estimate of drug-likeness (QED) is 0.787. The molecule has 0 radical (unpaired) electrons. The summed E-state index contributed by atoms with van der Waals surface area (Å²) in [4.78, 5) is 16.8. The number of piperidine rings is 1. The fraction of sp³-hybridized carbons (Fsp3) is 0.533. The van der Waals surface area contributed by atoms with E-state index in [1.54, 1.807) is 11.3 Å². The van der Waals surface area contributed by atoms with E-state index in [0.29, 0.717) is 18.4 Å². The van der Waals surface area contributed by atoms with E-state index in [-0.39, 0.29) is 5.92 Å². The average molecular weight is 276 g/mol. The van der Waals surface area contributed by atoms with Gasteiger partial charge in [-0.2, -0.15) is 11.3 Å². The summed E-state index contributed by atoms with van der Waals surface area (Å²) in [5, 5.41) is 4.32. The summed E-state index contributed by atoms with van der Waals surface area (Å²) in [5.41, 5.74) is 1.37. The number of carbonyl (C=O) groups excluding carboxylic acids is 1. The summed E-state index contributed by atoms with van der Waals surface area (Å²) in [6.07, 6.45) is 2.97. The van der Waals surface area contributed by atoms with Gasteiger partial charge in [0.15, 0.2) is 0 Å². The van der Waals surface area contributed by atoms with Gasteiger partial charge in [0.2, 0.25) is 5.91 Å². The van der Waals surface area contributed by atoms with Gasteiger partial charge in [0.05, 0.1) is 5.92 Å². The molecule has 2 fully saturated rings. The van der Waals surface area contributed by atoms with Crippen molar-refractivity contribution in [3.05, 3.63) is 35.0 Å². The third-order valence-corrected chi connectivity index (χ3v) is 4.98. The Morgan fingerprint density at radius 3 is 3.11 bits per heavy atom. The Kier molecular flexibility index (Phi) is 3.71. The van der Waals surface area contributed by atoms with Crippen LogP contribution in [0.2, 0.25) is 0 Å². The average Bonchev–Trinajstić information content (AvgIpc) is 3.03. The lowest BCUT2D eigenvalue weighted by Gasteiger charge is -2.33. The van der Waals surface area contributed by atoms with E-state index in [4.69, 9.17) is 0 Å². The van der Waals surface area contributed by atoms with E-state index in [1.807, 2.05) is 11.0 Å². The number of amides is 1. The van der Waals surface area contributed by atoms with Crippen molar-refractivity contribution in [2.45, 2.75) is 13.0 Å². The Morgan fingerprint density at radius 2 is 2.37 bits per heavy atom. The molecule has 0 saturated carbocycles. The van der Waals surface area contributed by atoms with Gasteiger partial charge in [0, 0.05) is 32.7 Å². The molecule has 1 aromatic heterocycles. The molecule has 3 heterocycles. The second-order valence-electron chi connectivity index (χ2n) is 5.55. The Hall–Kier alpha value is -1.13. The predicted octanol–water partition coefficient (Wildman–Crippen LogP) is 2.21. The zero-order valence-corrected chi connectivity index (χ0v) is 11.9. The first-order chi connectivity index (χ1) is 9.28. The number of fused-ring (bicyclic) bond motifs is 1. The molecule has 1 aromatic rings. The van der Waals surface area contributed by atoms with Crippen LogP contribution in [0.1, 0.15) is 12.0 Å². The minimum absolute atomic E-state index is 0.215. The van der Waals surface area contributed by atoms with E-state index in [1.165, 1.54) is 5.56 Å². The van der Waals surface area contributed by atoms with Gasteiger partial charge in [-0.15, -0.1) is 6.58 Å². The maximum absolute atomic E-state index is 12.4. The minimum atomic E-state index is 0.215. The number of thiophene rings is 1. The molecule has 0 unspecified atom stereocenters. The van der Waals surface area contributed by atoms with Crippen LogP contribution in [0, 0.1) is 11.8 Å². The highest BCUT2D eigenvalue weighted by Gasteiger charge is 2.42. The first-order valence-electron chi connectivity index (χ1n) is 6.91. The Labute approximate surface area is 118 Å². The van der Waals surface area contributed by atoms with Gasteiger partial charge < -0.3 is 4.90 Å². The highest BCUT2D eigenvalue weighted by molar-refractivity contribution is 7.07. The van der Waals surface area contributed by atoms with Crippen LogP contribution < -0.4 is 0 Å². The van der Waals surface area contributed by atoms with E-state index < -0.39 is 0 Å². The van der Waals surface area contributed by atoms with Gasteiger partial charge in [-0.25, -0.2) is 0 Å². The molecule has 0 aliphatic carbocycles. The topological polar surface area (TPSA) is 23.6 Å². The molecule has 3 nitrogen and oxygen atoms in total. The molecule has 3 rings (SSSR count). The van der Waals surface area contributed by atoms with Gasteiger partial charge in [-0.05, 0) is 34.7 Å². The lowest BCUT2D eigenvalue weighted by Crippen LogP contribution is -2.45. The van der Waals surface area contributed by atoms with Gasteiger partial charge in [-0.3, -0.25) is 9.69 Å². The van der Waals surface area contributed by atoms with Gasteiger partial charge >= 0.3 is 0 Å². The number of carbonyl (C=O) groups is 1. The van der Waals surface area contributed by atoms with Gasteiger partial charge in [0.1, 0.15) is 0 Å². The van der Waals surface area contributed by atoms with Crippen LogP contribution in [0.5, 0.6) is 0 Å². The molecule has 0 spiro atoms. The Bertz CT molecular complexity index is 457. The third-order valence-electron chi connectivity index (χ3n) is 4.25. The maximum Gasteiger partial charge on any atom is 0.227 e. The normalized spacial score (nSPS) is 27.6. The zero-order valence-electron chi connectivity index (χ0n) is 11.1. The summed E-state index contributed by atoms with van der Waals surface area (Å²) in [5.74, 6) is 1.11. The molecule has 1 amide bonds. The highest BCUT2D eigenvalue weighted by atomic mass is 32.1. The van der Waals surface area contributed by atoms with E-state index in [2.05, 4.69) is 28.3 Å². The molecule has 2 saturated heterocycles. The predicted molar refractivity (Wildman–Crippen MR) is 78.0 cm³/mol. The molecule has 19 heavy (non-hydrogen) atoms. The van der Waals surface area contributed by atoms with Crippen LogP contribution >= 0.6 is 11.3 Å². The number of hydrogen-bond acceptors (Lipinski definition) is 3. The Morgan fingerprint density at radius 1 is 1.47 bits per heavy atom. The maximum atomic E-state index is 12.4. The fourth-order valence-electron chi connectivity index (χ4n) is 3.31. The van der Waals surface area contributed by atoms with Crippen LogP contribution in [0.15, 0.2) is 29.5 Å². The van der Waals surface area contributed by atoms with Crippen molar-refractivity contribution < 1.29 is 4.79 Å². The van der Waals surface area contributed by atoms with Crippen molar-refractivity contribution in [3.8, 4) is 0 Å². The largest absolute Gasteiger partial charge is 0.339 e. The standard InChI is InChI=1S/C15H20N2OS/c1-2-5-17-6-3-13-9-16(10-14(13)15(17)18)8-12-4-7-19-11-12/h2,4,7,11,13-14H,1,3,5-6,8-10H2/t13-,14-/m1/s1. The third kappa shape index (κ3) is 2.60. The molecular formula is C15H20N2OS. The second-order valence-corrected chi connectivity index (χ2v) is 6.33. The van der Waals surface area contributed by atoms with Crippen molar-refractivity contribution in [3.63, 3.8) is 0 Å². The lowest BCUT2D eigenvalue weighted by atomic mass is 9.88. The van der Waals surface area contributed by atoms with Crippen molar-refractivity contribution in [2.24, 2.45) is 11.8 Å². The van der Waals surface area contributed by atoms with E-state index in [9.17, 15) is 4.79 Å². The van der Waals surface area contributed by atoms with E-state index in [0.717, 1.165) is 32.6 Å². The fourth-order valence-corrected chi connectivity index (χ4v) is 3.97. The zero-order chi connectivity index (χ0) is 13.2. The summed E-state index contributed by atoms with van der Waals surface area (Å²) >= 11 is 1.74. The van der Waals surface area contributed by atoms with Crippen molar-refractivity contribution in [1.82, 2.24) is 9.80 Å². The summed E-state index contributed by atoms with van der Waals surface area (Å²) in [6.45, 7) is 8.33. The molecule has 102 valence electrons. The number of rotatable bonds is 4. The number of hydrogen-bond donors (Lipinski definition) is 0. The van der Waals surface area contributed by atoms with Crippen molar-refractivity contribution >= 4 is 17.2 Å². The molecule has 0 bridgehead atoms. The molecule has 0 aromatic carbocycles. The van der Waals surface area contributed by atoms with Crippen molar-refractivity contribution in [2.75, 3.05) is 26.2 Å². The van der Waals surface area contributed by atoms with Crippen molar-refractivity contribution in [1.29, 1.82) is 0 Å². The van der Waals surface area contributed by atoms with Crippen LogP contribution in [0.4, 0.5) is 0 Å². The summed E-state index contributed by atoms with van der Waals surface area (Å²) < 4.78 is 0. The number of nitrogens with zero attached hydrogens (tertiary/aromatic N) is 2. The molecular weight excluding hydrogens is 256 g/mol. The minimum Gasteiger partial charge on any atom is -0.339 e. The van der Waals surface area contributed by atoms with Gasteiger partial charge in [0.25, 0.3) is 0 Å². The molecule has 0 N–H and O–H groups in total. The molecule has 2 atom stereocenters. The number of likely N-dealkylation sites (tertiary alicyclic amines) is 2. The summed E-state index contributed by atoms with van der Waals surface area (Å²) in [7, 11) is 0. The SMILES string of the molecule is C=CCN1CC[C@@H]2CN(Cc3ccsc3)C[C@H]2C1=O. The molecule has 2 aliphatic rings. The van der Waals surface area contributed by atoms with Crippen LogP contribution in [0.25, 0.3) is 0 Å². The second kappa shape index (κ2) is 5.47. The smallest absolute Gasteiger partial charge is 0.227 e. The first-order valence-corrected chi connectivity index (χ1v) is 7.85. The van der Waals surface area contributed by atoms with E-state index >= 15 is 0 Å². The monoisotopic (exact) mass is 276 g/mol. The lowest BCUT2D eigenvalue weighted by molar-refractivity contribution is -0.138.